The van der Waals surface area contributed by atoms with Gasteiger partial charge in [0.2, 0.25) is 0 Å². The van der Waals surface area contributed by atoms with Crippen molar-refractivity contribution in [1.29, 1.82) is 0 Å². The number of amides is 1. The molecule has 5 N–H and O–H groups in total. The Morgan fingerprint density at radius 1 is 1.10 bits per heavy atom. The van der Waals surface area contributed by atoms with Crippen LogP contribution in [0.1, 0.15) is 0 Å². The summed E-state index contributed by atoms with van der Waals surface area (Å²) in [5.41, 5.74) is 12.8. The number of rotatable bonds is 4. The highest BCUT2D eigenvalue weighted by molar-refractivity contribution is 7.99. The third-order valence-electron chi connectivity index (χ3n) is 3.84. The van der Waals surface area contributed by atoms with Crippen LogP contribution in [0.4, 0.5) is 22.1 Å². The van der Waals surface area contributed by atoms with E-state index < -0.39 is 6.09 Å². The van der Waals surface area contributed by atoms with Gasteiger partial charge in [0.15, 0.2) is 16.8 Å². The van der Waals surface area contributed by atoms with Gasteiger partial charge in [-0.1, -0.05) is 18.2 Å². The van der Waals surface area contributed by atoms with E-state index in [2.05, 4.69) is 35.1 Å². The van der Waals surface area contributed by atoms with Gasteiger partial charge in [-0.05, 0) is 23.9 Å². The number of nitrogen functional groups attached to an aromatic ring is 2. The summed E-state index contributed by atoms with van der Waals surface area (Å²) in [5, 5.41) is 9.08. The van der Waals surface area contributed by atoms with Crippen LogP contribution in [0.5, 0.6) is 0 Å². The second-order valence-electron chi connectivity index (χ2n) is 5.65. The van der Waals surface area contributed by atoms with Crippen molar-refractivity contribution >= 4 is 46.1 Å². The fourth-order valence-electron chi connectivity index (χ4n) is 2.55. The zero-order chi connectivity index (χ0) is 20.4. The normalized spacial score (nSPS) is 10.8. The average molecular weight is 409 g/mol. The molecule has 4 aromatic rings. The first-order chi connectivity index (χ1) is 14.1. The van der Waals surface area contributed by atoms with Crippen molar-refractivity contribution in [2.24, 2.45) is 0 Å². The summed E-state index contributed by atoms with van der Waals surface area (Å²) in [7, 11) is 1.22. The Bertz CT molecular complexity index is 1170. The third kappa shape index (κ3) is 3.60. The standard InChI is InChI=1S/C17H15N9O2S/c1-28-17(27)22-11-12(18)23-15(24-13(11)19)26-10-6-3-2-5-9(10)14(25-26)29-16-20-7-4-8-21-16/h2-8H,1H3,(H,22,27)(H4,18,19,23,24). The Morgan fingerprint density at radius 2 is 1.79 bits per heavy atom. The number of nitrogens with one attached hydrogen (secondary N) is 1. The SMILES string of the molecule is COC(=O)Nc1c(N)nc(-n2nc(Sc3ncccn3)c3ccccc32)nc1N. The van der Waals surface area contributed by atoms with Gasteiger partial charge in [-0.25, -0.2) is 14.8 Å². The second kappa shape index (κ2) is 7.59. The van der Waals surface area contributed by atoms with Gasteiger partial charge in [0.05, 0.1) is 12.6 Å². The monoisotopic (exact) mass is 409 g/mol. The van der Waals surface area contributed by atoms with Gasteiger partial charge in [-0.15, -0.1) is 0 Å². The number of ether oxygens (including phenoxy) is 1. The smallest absolute Gasteiger partial charge is 0.411 e. The number of carbonyl (C=O) groups excluding carboxylic acids is 1. The molecule has 1 aromatic carbocycles. The summed E-state index contributed by atoms with van der Waals surface area (Å²) in [5.74, 6) is 0.128. The van der Waals surface area contributed by atoms with E-state index >= 15 is 0 Å². The maximum absolute atomic E-state index is 11.5. The van der Waals surface area contributed by atoms with E-state index in [0.29, 0.717) is 10.2 Å². The molecule has 3 heterocycles. The molecule has 29 heavy (non-hydrogen) atoms. The van der Waals surface area contributed by atoms with Crippen molar-refractivity contribution in [3.8, 4) is 5.95 Å². The number of nitrogens with two attached hydrogens (primary N) is 2. The van der Waals surface area contributed by atoms with Crippen LogP contribution in [0, 0.1) is 0 Å². The molecule has 0 saturated carbocycles. The maximum Gasteiger partial charge on any atom is 0.411 e. The van der Waals surface area contributed by atoms with Gasteiger partial charge in [-0.2, -0.15) is 19.7 Å². The number of hydrogen-bond acceptors (Lipinski definition) is 10. The summed E-state index contributed by atoms with van der Waals surface area (Å²) in [6, 6.07) is 9.30. The lowest BCUT2D eigenvalue weighted by atomic mass is 10.2. The van der Waals surface area contributed by atoms with Crippen molar-refractivity contribution in [2.75, 3.05) is 23.9 Å². The minimum absolute atomic E-state index is 0.0157. The number of hydrogen-bond donors (Lipinski definition) is 3. The number of anilines is 3. The Kier molecular flexibility index (Phi) is 4.83. The molecule has 0 aliphatic heterocycles. The number of methoxy groups -OCH3 is 1. The molecule has 1 amide bonds. The Balaban J connectivity index is 1.79. The van der Waals surface area contributed by atoms with E-state index in [1.165, 1.54) is 23.6 Å². The molecule has 0 bridgehead atoms. The van der Waals surface area contributed by atoms with E-state index in [4.69, 9.17) is 11.5 Å². The molecular formula is C17H15N9O2S. The highest BCUT2D eigenvalue weighted by atomic mass is 32.2. The van der Waals surface area contributed by atoms with Crippen molar-refractivity contribution in [3.05, 3.63) is 42.7 Å². The molecule has 4 rings (SSSR count). The largest absolute Gasteiger partial charge is 0.453 e. The van der Waals surface area contributed by atoms with Crippen LogP contribution in [-0.4, -0.2) is 42.9 Å². The van der Waals surface area contributed by atoms with Crippen LogP contribution >= 0.6 is 11.8 Å². The molecule has 0 unspecified atom stereocenters. The molecular weight excluding hydrogens is 394 g/mol. The summed E-state index contributed by atoms with van der Waals surface area (Å²) >= 11 is 1.31. The van der Waals surface area contributed by atoms with E-state index in [1.807, 2.05) is 24.3 Å². The molecule has 0 radical (unpaired) electrons. The molecule has 0 saturated heterocycles. The zero-order valence-corrected chi connectivity index (χ0v) is 15.9. The fourth-order valence-corrected chi connectivity index (χ4v) is 3.35. The molecule has 12 heteroatoms. The van der Waals surface area contributed by atoms with Crippen LogP contribution in [0.25, 0.3) is 16.9 Å². The van der Waals surface area contributed by atoms with Crippen LogP contribution < -0.4 is 16.8 Å². The summed E-state index contributed by atoms with van der Waals surface area (Å²) in [6.45, 7) is 0. The maximum atomic E-state index is 11.5. The molecule has 11 nitrogen and oxygen atoms in total. The van der Waals surface area contributed by atoms with Crippen molar-refractivity contribution in [1.82, 2.24) is 29.7 Å². The number of nitrogens with zero attached hydrogens (tertiary/aromatic N) is 6. The summed E-state index contributed by atoms with van der Waals surface area (Å²) < 4.78 is 6.07. The minimum Gasteiger partial charge on any atom is -0.453 e. The third-order valence-corrected chi connectivity index (χ3v) is 4.73. The molecule has 0 spiro atoms. The molecule has 146 valence electrons. The van der Waals surface area contributed by atoms with Gasteiger partial charge in [0.25, 0.3) is 5.95 Å². The topological polar surface area (TPSA) is 160 Å². The predicted octanol–water partition coefficient (Wildman–Crippen LogP) is 2.10. The Hall–Kier alpha value is -3.93. The molecule has 0 fully saturated rings. The Morgan fingerprint density at radius 3 is 2.48 bits per heavy atom. The van der Waals surface area contributed by atoms with E-state index in [-0.39, 0.29) is 23.3 Å². The van der Waals surface area contributed by atoms with Crippen molar-refractivity contribution < 1.29 is 9.53 Å². The highest BCUT2D eigenvalue weighted by Crippen LogP contribution is 2.32. The number of carbonyl (C=O) groups is 1. The van der Waals surface area contributed by atoms with Crippen molar-refractivity contribution in [3.63, 3.8) is 0 Å². The molecule has 0 aliphatic carbocycles. The lowest BCUT2D eigenvalue weighted by Gasteiger charge is -2.10. The zero-order valence-electron chi connectivity index (χ0n) is 15.1. The van der Waals surface area contributed by atoms with Gasteiger partial charge in [0.1, 0.15) is 10.7 Å². The first-order valence-electron chi connectivity index (χ1n) is 8.27. The van der Waals surface area contributed by atoms with Gasteiger partial charge in [-0.3, -0.25) is 5.32 Å². The lowest BCUT2D eigenvalue weighted by Crippen LogP contribution is -2.17. The van der Waals surface area contributed by atoms with E-state index in [0.717, 1.165) is 10.9 Å². The van der Waals surface area contributed by atoms with Crippen molar-refractivity contribution in [2.45, 2.75) is 10.2 Å². The second-order valence-corrected chi connectivity index (χ2v) is 6.61. The molecule has 0 aliphatic rings. The number of para-hydroxylation sites is 1. The van der Waals surface area contributed by atoms with Gasteiger partial charge in [0, 0.05) is 17.8 Å². The van der Waals surface area contributed by atoms with Gasteiger partial charge >= 0.3 is 6.09 Å². The summed E-state index contributed by atoms with van der Waals surface area (Å²) in [4.78, 5) is 28.4. The predicted molar refractivity (Wildman–Crippen MR) is 108 cm³/mol. The number of benzene rings is 1. The van der Waals surface area contributed by atoms with E-state index in [9.17, 15) is 4.79 Å². The average Bonchev–Trinajstić information content (AvgIpc) is 3.10. The first-order valence-corrected chi connectivity index (χ1v) is 9.09. The van der Waals surface area contributed by atoms with Gasteiger partial charge < -0.3 is 16.2 Å². The number of aromatic nitrogens is 6. The van der Waals surface area contributed by atoms with Crippen LogP contribution in [0.15, 0.2) is 52.9 Å². The molecule has 3 aromatic heterocycles. The van der Waals surface area contributed by atoms with Crippen LogP contribution in [-0.2, 0) is 4.74 Å². The Labute approximate surface area is 168 Å². The molecule has 0 atom stereocenters. The van der Waals surface area contributed by atoms with Crippen LogP contribution in [0.3, 0.4) is 0 Å². The fraction of sp³-hybridized carbons (Fsp3) is 0.0588. The quantitative estimate of drug-likeness (QED) is 0.426. The summed E-state index contributed by atoms with van der Waals surface area (Å²) in [6.07, 6.45) is 2.59. The van der Waals surface area contributed by atoms with Crippen LogP contribution in [0.2, 0.25) is 0 Å². The highest BCUT2D eigenvalue weighted by Gasteiger charge is 2.19. The van der Waals surface area contributed by atoms with E-state index in [1.54, 1.807) is 18.5 Å². The number of fused-ring (bicyclic) bond motifs is 1. The minimum atomic E-state index is -0.731. The first kappa shape index (κ1) is 18.4. The lowest BCUT2D eigenvalue weighted by molar-refractivity contribution is 0.187.